The van der Waals surface area contributed by atoms with Gasteiger partial charge in [0.25, 0.3) is 5.56 Å². The Morgan fingerprint density at radius 3 is 2.46 bits per heavy atom. The van der Waals surface area contributed by atoms with Crippen LogP contribution in [-0.2, 0) is 20.3 Å². The summed E-state index contributed by atoms with van der Waals surface area (Å²) in [4.78, 5) is 25.9. The molecule has 0 fully saturated rings. The van der Waals surface area contributed by atoms with E-state index in [0.29, 0.717) is 0 Å². The fourth-order valence-corrected chi connectivity index (χ4v) is 4.46. The van der Waals surface area contributed by atoms with Crippen LogP contribution in [0.1, 0.15) is 15.9 Å². The third kappa shape index (κ3) is 4.16. The number of hydrogen-bond acceptors (Lipinski definition) is 5. The summed E-state index contributed by atoms with van der Waals surface area (Å²) in [7, 11) is -2.85. The molecule has 0 aliphatic heterocycles. The van der Waals surface area contributed by atoms with Crippen molar-refractivity contribution in [2.45, 2.75) is 10.6 Å². The van der Waals surface area contributed by atoms with Crippen molar-refractivity contribution in [3.8, 4) is 11.1 Å². The van der Waals surface area contributed by atoms with Gasteiger partial charge in [0, 0.05) is 6.20 Å². The predicted molar refractivity (Wildman–Crippen MR) is 106 cm³/mol. The molecule has 0 radical (unpaired) electrons. The van der Waals surface area contributed by atoms with Gasteiger partial charge in [-0.05, 0) is 34.9 Å². The second-order valence-corrected chi connectivity index (χ2v) is 8.39. The smallest absolute Gasteiger partial charge is 0.338 e. The maximum absolute atomic E-state index is 12.9. The van der Waals surface area contributed by atoms with Crippen LogP contribution in [0.15, 0.2) is 70.5 Å². The summed E-state index contributed by atoms with van der Waals surface area (Å²) in [6.45, 7) is 0. The van der Waals surface area contributed by atoms with Gasteiger partial charge in [0.15, 0.2) is 9.84 Å². The van der Waals surface area contributed by atoms with Crippen LogP contribution < -0.4 is 5.56 Å². The lowest BCUT2D eigenvalue weighted by molar-refractivity contribution is 0.0600. The van der Waals surface area contributed by atoms with E-state index in [2.05, 4.69) is 4.98 Å². The number of carbonyl (C=O) groups is 1. The van der Waals surface area contributed by atoms with Gasteiger partial charge in [-0.2, -0.15) is 0 Å². The number of esters is 1. The Bertz CT molecular complexity index is 1190. The van der Waals surface area contributed by atoms with Crippen LogP contribution in [-0.4, -0.2) is 26.5 Å². The first-order valence-electron chi connectivity index (χ1n) is 8.19. The molecule has 1 N–H and O–H groups in total. The maximum Gasteiger partial charge on any atom is 0.338 e. The number of nitrogens with one attached hydrogen (secondary N) is 1. The number of aromatic nitrogens is 1. The molecule has 0 saturated carbocycles. The van der Waals surface area contributed by atoms with Crippen LogP contribution in [0, 0.1) is 0 Å². The Kier molecular flexibility index (Phi) is 5.67. The van der Waals surface area contributed by atoms with Gasteiger partial charge in [-0.3, -0.25) is 4.79 Å². The summed E-state index contributed by atoms with van der Waals surface area (Å²) in [6, 6.07) is 15.2. The molecule has 8 heteroatoms. The molecule has 6 nitrogen and oxygen atoms in total. The molecule has 0 saturated heterocycles. The molecule has 1 heterocycles. The van der Waals surface area contributed by atoms with Gasteiger partial charge in [0.1, 0.15) is 4.90 Å². The molecule has 0 bridgehead atoms. The van der Waals surface area contributed by atoms with Crippen molar-refractivity contribution < 1.29 is 17.9 Å². The zero-order valence-electron chi connectivity index (χ0n) is 14.8. The van der Waals surface area contributed by atoms with Crippen LogP contribution in [0.3, 0.4) is 0 Å². The summed E-state index contributed by atoms with van der Waals surface area (Å²) < 4.78 is 30.5. The van der Waals surface area contributed by atoms with E-state index in [9.17, 15) is 18.0 Å². The summed E-state index contributed by atoms with van der Waals surface area (Å²) >= 11 is 5.83. The van der Waals surface area contributed by atoms with E-state index in [-0.39, 0.29) is 16.1 Å². The van der Waals surface area contributed by atoms with E-state index >= 15 is 0 Å². The van der Waals surface area contributed by atoms with Gasteiger partial charge < -0.3 is 9.72 Å². The maximum atomic E-state index is 12.9. The number of pyridine rings is 1. The van der Waals surface area contributed by atoms with E-state index in [1.165, 1.54) is 19.4 Å². The van der Waals surface area contributed by atoms with Gasteiger partial charge in [-0.15, -0.1) is 0 Å². The van der Waals surface area contributed by atoms with Crippen molar-refractivity contribution >= 4 is 27.4 Å². The highest BCUT2D eigenvalue weighted by atomic mass is 35.5. The SMILES string of the molecule is COC(=O)c1ccc(-c2ccccc2)cc1CS(=O)(=O)c1cc(Cl)c[nH]c1=O. The molecule has 0 unspecified atom stereocenters. The van der Waals surface area contributed by atoms with E-state index in [1.807, 2.05) is 30.3 Å². The predicted octanol–water partition coefficient (Wildman–Crippen LogP) is 3.46. The number of hydrogen-bond donors (Lipinski definition) is 1. The molecular weight excluding hydrogens is 402 g/mol. The van der Waals surface area contributed by atoms with Gasteiger partial charge >= 0.3 is 5.97 Å². The second kappa shape index (κ2) is 8.00. The van der Waals surface area contributed by atoms with Crippen molar-refractivity contribution in [2.75, 3.05) is 7.11 Å². The summed E-state index contributed by atoms with van der Waals surface area (Å²) in [5.74, 6) is -1.22. The minimum atomic E-state index is -4.07. The highest BCUT2D eigenvalue weighted by molar-refractivity contribution is 7.90. The second-order valence-electron chi connectivity index (χ2n) is 6.00. The topological polar surface area (TPSA) is 93.3 Å². The molecule has 0 atom stereocenters. The number of H-pyrrole nitrogens is 1. The molecule has 0 aliphatic carbocycles. The van der Waals surface area contributed by atoms with Crippen molar-refractivity contribution in [1.29, 1.82) is 0 Å². The van der Waals surface area contributed by atoms with Gasteiger partial charge in [-0.1, -0.05) is 48.0 Å². The molecule has 144 valence electrons. The van der Waals surface area contributed by atoms with E-state index < -0.39 is 32.0 Å². The third-order valence-electron chi connectivity index (χ3n) is 4.13. The first kappa shape index (κ1) is 19.9. The fraction of sp³-hybridized carbons (Fsp3) is 0.100. The van der Waals surface area contributed by atoms with Crippen molar-refractivity contribution in [3.63, 3.8) is 0 Å². The number of halogens is 1. The molecule has 2 aromatic carbocycles. The van der Waals surface area contributed by atoms with Crippen molar-refractivity contribution in [1.82, 2.24) is 4.98 Å². The van der Waals surface area contributed by atoms with E-state index in [1.54, 1.807) is 12.1 Å². The zero-order valence-corrected chi connectivity index (χ0v) is 16.4. The zero-order chi connectivity index (χ0) is 20.3. The van der Waals surface area contributed by atoms with E-state index in [0.717, 1.165) is 17.2 Å². The van der Waals surface area contributed by atoms with Crippen LogP contribution in [0.4, 0.5) is 0 Å². The van der Waals surface area contributed by atoms with E-state index in [4.69, 9.17) is 16.3 Å². The average molecular weight is 418 g/mol. The quantitative estimate of drug-likeness (QED) is 0.641. The number of carbonyl (C=O) groups excluding carboxylic acids is 1. The minimum absolute atomic E-state index is 0.0874. The lowest BCUT2D eigenvalue weighted by atomic mass is 10.00. The number of methoxy groups -OCH3 is 1. The molecule has 0 spiro atoms. The number of sulfone groups is 1. The van der Waals surface area contributed by atoms with Crippen LogP contribution in [0.2, 0.25) is 5.02 Å². The Balaban J connectivity index is 2.12. The molecule has 28 heavy (non-hydrogen) atoms. The average Bonchev–Trinajstić information content (AvgIpc) is 2.69. The van der Waals surface area contributed by atoms with Crippen LogP contribution >= 0.6 is 11.6 Å². The third-order valence-corrected chi connectivity index (χ3v) is 6.01. The fourth-order valence-electron chi connectivity index (χ4n) is 2.78. The minimum Gasteiger partial charge on any atom is -0.465 e. The molecule has 0 aliphatic rings. The van der Waals surface area contributed by atoms with Gasteiger partial charge in [0.2, 0.25) is 0 Å². The highest BCUT2D eigenvalue weighted by Crippen LogP contribution is 2.26. The number of ether oxygens (including phenoxy) is 1. The van der Waals surface area contributed by atoms with Gasteiger partial charge in [0.05, 0.1) is 23.4 Å². The summed E-state index contributed by atoms with van der Waals surface area (Å²) in [5.41, 5.74) is 1.16. The Morgan fingerprint density at radius 2 is 1.79 bits per heavy atom. The molecule has 3 rings (SSSR count). The first-order chi connectivity index (χ1) is 13.3. The lowest BCUT2D eigenvalue weighted by Gasteiger charge is -2.11. The van der Waals surface area contributed by atoms with Crippen LogP contribution in [0.25, 0.3) is 11.1 Å². The Labute approximate surface area is 166 Å². The van der Waals surface area contributed by atoms with Crippen LogP contribution in [0.5, 0.6) is 0 Å². The number of aromatic amines is 1. The normalized spacial score (nSPS) is 11.2. The Hall–Kier alpha value is -2.90. The largest absolute Gasteiger partial charge is 0.465 e. The number of benzene rings is 2. The summed E-state index contributed by atoms with van der Waals surface area (Å²) in [6.07, 6.45) is 1.21. The van der Waals surface area contributed by atoms with Gasteiger partial charge in [-0.25, -0.2) is 13.2 Å². The molecule has 1 aromatic heterocycles. The Morgan fingerprint density at radius 1 is 1.07 bits per heavy atom. The monoisotopic (exact) mass is 417 g/mol. The summed E-state index contributed by atoms with van der Waals surface area (Å²) in [5, 5.41) is 0.0874. The highest BCUT2D eigenvalue weighted by Gasteiger charge is 2.24. The van der Waals surface area contributed by atoms with Crippen molar-refractivity contribution in [3.05, 3.63) is 87.3 Å². The lowest BCUT2D eigenvalue weighted by Crippen LogP contribution is -2.19. The number of rotatable bonds is 5. The first-order valence-corrected chi connectivity index (χ1v) is 10.2. The molecule has 3 aromatic rings. The molecule has 0 amide bonds. The molecular formula is C20H16ClNO5S. The van der Waals surface area contributed by atoms with Crippen molar-refractivity contribution in [2.24, 2.45) is 0 Å². The standard InChI is InChI=1S/C20H16ClNO5S/c1-27-20(24)17-8-7-14(13-5-3-2-4-6-13)9-15(17)12-28(25,26)18-10-16(21)11-22-19(18)23/h2-11H,12H2,1H3,(H,22,23).